The fourth-order valence-electron chi connectivity index (χ4n) is 12.1. The summed E-state index contributed by atoms with van der Waals surface area (Å²) in [5, 5.41) is 46.2. The zero-order chi connectivity index (χ0) is 58.8. The summed E-state index contributed by atoms with van der Waals surface area (Å²) < 4.78 is 9.02. The molecule has 0 amide bonds. The molecule has 0 fully saturated rings. The molecule has 4 atom stereocenters. The van der Waals surface area contributed by atoms with E-state index >= 15 is 19.2 Å². The van der Waals surface area contributed by atoms with Crippen molar-refractivity contribution < 1.29 is 20.4 Å². The van der Waals surface area contributed by atoms with E-state index in [1.54, 1.807) is 86.7 Å². The van der Waals surface area contributed by atoms with Gasteiger partial charge in [-0.2, -0.15) is 0 Å². The van der Waals surface area contributed by atoms with Crippen molar-refractivity contribution in [2.45, 2.75) is 38.3 Å². The molecule has 6 aromatic heterocycles. The summed E-state index contributed by atoms with van der Waals surface area (Å²) in [4.78, 5) is 80.5. The Hall–Kier alpha value is -11.0. The van der Waals surface area contributed by atoms with Crippen molar-refractivity contribution in [3.63, 3.8) is 0 Å². The van der Waals surface area contributed by atoms with E-state index in [1.165, 1.54) is 12.1 Å². The highest BCUT2D eigenvalue weighted by molar-refractivity contribution is 5.98. The van der Waals surface area contributed by atoms with Crippen molar-refractivity contribution in [3.05, 3.63) is 282 Å². The van der Waals surface area contributed by atoms with Gasteiger partial charge >= 0.3 is 0 Å². The lowest BCUT2D eigenvalue weighted by molar-refractivity contribution is 0.187. The summed E-state index contributed by atoms with van der Waals surface area (Å²) in [5.41, 5.74) is 4.50. The molecule has 18 nitrogen and oxygen atoms in total. The van der Waals surface area contributed by atoms with E-state index < -0.39 is 46.7 Å². The molecular formula is C68H48N10O8. The number of nitrogens with zero attached hydrogens (tertiary/aromatic N) is 10. The third-order valence-corrected chi connectivity index (χ3v) is 16.0. The van der Waals surface area contributed by atoms with Crippen LogP contribution >= 0.6 is 0 Å². The van der Waals surface area contributed by atoms with Crippen LogP contribution in [0.5, 0.6) is 0 Å². The molecule has 6 heterocycles. The molecule has 0 aliphatic carbocycles. The van der Waals surface area contributed by atoms with Crippen LogP contribution in [0.25, 0.3) is 99.8 Å². The molecular weight excluding hydrogens is 1080 g/mol. The highest BCUT2D eigenvalue weighted by Gasteiger charge is 2.29. The molecule has 4 N–H and O–H groups in total. The van der Waals surface area contributed by atoms with E-state index in [4.69, 9.17) is 19.9 Å². The van der Waals surface area contributed by atoms with Gasteiger partial charge in [0.1, 0.15) is 47.7 Å². The van der Waals surface area contributed by atoms with Crippen LogP contribution in [-0.2, 0) is 0 Å². The highest BCUT2D eigenvalue weighted by atomic mass is 16.3. The van der Waals surface area contributed by atoms with E-state index in [0.29, 0.717) is 78.0 Å². The van der Waals surface area contributed by atoms with Crippen molar-refractivity contribution in [2.24, 2.45) is 0 Å². The largest absolute Gasteiger partial charge is 0.385 e. The van der Waals surface area contributed by atoms with E-state index in [1.807, 2.05) is 140 Å². The average molecular weight is 1130 g/mol. The van der Waals surface area contributed by atoms with Gasteiger partial charge in [-0.25, -0.2) is 29.1 Å². The Balaban J connectivity index is 0.960. The number of aromatic nitrogens is 10. The third-order valence-electron chi connectivity index (χ3n) is 16.0. The van der Waals surface area contributed by atoms with Crippen molar-refractivity contribution in [1.29, 1.82) is 0 Å². The number of aliphatic hydroxyl groups excluding tert-OH is 4. The maximum Gasteiger partial charge on any atom is 0.266 e. The molecule has 15 aromatic rings. The molecule has 0 saturated heterocycles. The van der Waals surface area contributed by atoms with Gasteiger partial charge in [0, 0.05) is 0 Å². The third kappa shape index (κ3) is 8.03. The van der Waals surface area contributed by atoms with E-state index in [0.717, 1.165) is 9.13 Å². The molecule has 0 bridgehead atoms. The van der Waals surface area contributed by atoms with Crippen molar-refractivity contribution in [3.8, 4) is 34.1 Å². The number of para-hydroxylation sites is 8. The lowest BCUT2D eigenvalue weighted by Gasteiger charge is -2.19. The Morgan fingerprint density at radius 2 is 0.523 bits per heavy atom. The summed E-state index contributed by atoms with van der Waals surface area (Å²) in [6, 6.07) is 60.2. The van der Waals surface area contributed by atoms with Gasteiger partial charge in [0.05, 0.1) is 99.8 Å². The van der Waals surface area contributed by atoms with Gasteiger partial charge in [0.15, 0.2) is 0 Å². The number of hydrogen-bond donors (Lipinski definition) is 4. The second kappa shape index (κ2) is 19.8. The smallest absolute Gasteiger partial charge is 0.266 e. The molecule has 418 valence electrons. The summed E-state index contributed by atoms with van der Waals surface area (Å²) in [6.07, 6.45) is -4.61. The number of aliphatic hydroxyl groups is 4. The Labute approximate surface area is 485 Å². The van der Waals surface area contributed by atoms with Crippen LogP contribution in [0.15, 0.2) is 225 Å². The fraction of sp³-hybridized carbons (Fsp3) is 0.0882. The van der Waals surface area contributed by atoms with Crippen LogP contribution in [-0.4, -0.2) is 67.8 Å². The quantitative estimate of drug-likeness (QED) is 0.0896. The monoisotopic (exact) mass is 1130 g/mol. The molecule has 4 unspecified atom stereocenters. The molecule has 18 heteroatoms. The molecule has 0 spiro atoms. The first-order valence-electron chi connectivity index (χ1n) is 27.8. The average Bonchev–Trinajstić information content (AvgIpc) is 1.63. The molecule has 86 heavy (non-hydrogen) atoms. The SMILES string of the molecule is CC(O)c1nc2ccccc2n1-c1cc(-n2c(=O)c3cc4c(=O)n(-c5cc(-n6c(C(O)c7ccccc7)nc7ccccc76)cc(-n6c(C(O)c7ccccc7)nc7ccccc76)c5)c(=O)c4cc3c2=O)cc(-n2c(C(C)O)nc3ccccc32)c1. The van der Waals surface area contributed by atoms with Gasteiger partial charge in [-0.15, -0.1) is 0 Å². The minimum absolute atomic E-state index is 0.0792. The van der Waals surface area contributed by atoms with Crippen molar-refractivity contribution in [1.82, 2.24) is 47.3 Å². The van der Waals surface area contributed by atoms with Crippen molar-refractivity contribution >= 4 is 65.7 Å². The Kier molecular flexibility index (Phi) is 11.9. The highest BCUT2D eigenvalue weighted by Crippen LogP contribution is 2.36. The van der Waals surface area contributed by atoms with Crippen LogP contribution in [0.4, 0.5) is 0 Å². The Bertz CT molecular complexity index is 5150. The number of fused-ring (bicyclic) bond motifs is 6. The second-order valence-electron chi connectivity index (χ2n) is 21.4. The topological polar surface area (TPSA) is 230 Å². The van der Waals surface area contributed by atoms with Gasteiger partial charge < -0.3 is 20.4 Å². The maximum absolute atomic E-state index is 15.3. The Morgan fingerprint density at radius 1 is 0.291 bits per heavy atom. The van der Waals surface area contributed by atoms with Gasteiger partial charge in [-0.05, 0) is 122 Å². The summed E-state index contributed by atoms with van der Waals surface area (Å²) in [7, 11) is 0. The summed E-state index contributed by atoms with van der Waals surface area (Å²) in [5.74, 6) is 1.04. The van der Waals surface area contributed by atoms with Crippen LogP contribution in [0.2, 0.25) is 0 Å². The lowest BCUT2D eigenvalue weighted by atomic mass is 10.1. The lowest BCUT2D eigenvalue weighted by Crippen LogP contribution is -2.24. The Morgan fingerprint density at radius 3 is 0.802 bits per heavy atom. The standard InChI is InChI=1S/C68H48N10O8/c1-37(79)61-69-51-21-9-13-25-55(51)73(61)41-29-42(74-56-26-14-10-22-52(56)70-62(74)38(2)80)32-45(31-41)77-65(83)47-35-49-50(36-48(47)66(77)84)68(86)78(67(49)85)46-33-43(75-57-27-15-11-23-53(57)71-63(75)59(81)39-17-5-3-6-18-39)30-44(34-46)76-58-28-16-12-24-54(58)72-64(76)60(82)40-19-7-4-8-20-40/h3-38,59-60,79-82H,1-2H3. The van der Waals surface area contributed by atoms with Crippen LogP contribution in [0, 0.1) is 0 Å². The normalized spacial score (nSPS) is 13.5. The zero-order valence-electron chi connectivity index (χ0n) is 45.8. The zero-order valence-corrected chi connectivity index (χ0v) is 45.8. The van der Waals surface area contributed by atoms with E-state index in [2.05, 4.69) is 0 Å². The van der Waals surface area contributed by atoms with Gasteiger partial charge in [-0.1, -0.05) is 109 Å². The molecule has 15 rings (SSSR count). The van der Waals surface area contributed by atoms with Crippen molar-refractivity contribution in [2.75, 3.05) is 0 Å². The fourth-order valence-corrected chi connectivity index (χ4v) is 12.1. The van der Waals surface area contributed by atoms with Crippen LogP contribution < -0.4 is 22.2 Å². The first-order chi connectivity index (χ1) is 41.8. The number of imidazole rings is 4. The molecule has 0 saturated carbocycles. The molecule has 0 aliphatic heterocycles. The summed E-state index contributed by atoms with van der Waals surface area (Å²) in [6.45, 7) is 3.18. The number of benzene rings is 9. The van der Waals surface area contributed by atoms with Gasteiger partial charge in [-0.3, -0.25) is 37.4 Å². The van der Waals surface area contributed by atoms with E-state index in [-0.39, 0.29) is 56.2 Å². The minimum Gasteiger partial charge on any atom is -0.385 e. The minimum atomic E-state index is -1.24. The number of rotatable bonds is 12. The number of hydrogen-bond acceptors (Lipinski definition) is 12. The molecule has 0 aliphatic rings. The van der Waals surface area contributed by atoms with E-state index in [9.17, 15) is 20.4 Å². The van der Waals surface area contributed by atoms with Crippen LogP contribution in [0.3, 0.4) is 0 Å². The van der Waals surface area contributed by atoms with Gasteiger partial charge in [0.25, 0.3) is 22.2 Å². The predicted molar refractivity (Wildman–Crippen MR) is 328 cm³/mol. The molecule has 0 radical (unpaired) electrons. The molecule has 9 aromatic carbocycles. The maximum atomic E-state index is 15.3. The van der Waals surface area contributed by atoms with Gasteiger partial charge in [0.2, 0.25) is 0 Å². The second-order valence-corrected chi connectivity index (χ2v) is 21.4. The van der Waals surface area contributed by atoms with Crippen LogP contribution in [0.1, 0.15) is 72.7 Å². The first kappa shape index (κ1) is 51.8. The summed E-state index contributed by atoms with van der Waals surface area (Å²) >= 11 is 0. The first-order valence-corrected chi connectivity index (χ1v) is 27.8. The predicted octanol–water partition coefficient (Wildman–Crippen LogP) is 9.52.